The number of nitrogens with two attached hydrogens (primary N) is 1. The molecule has 5 nitrogen and oxygen atoms in total. The van der Waals surface area contributed by atoms with Crippen molar-refractivity contribution in [2.45, 2.75) is 33.4 Å². The first-order valence-corrected chi connectivity index (χ1v) is 5.51. The summed E-state index contributed by atoms with van der Waals surface area (Å²) in [7, 11) is 1.76. The van der Waals surface area contributed by atoms with Gasteiger partial charge in [0.25, 0.3) is 5.91 Å². The lowest BCUT2D eigenvalue weighted by atomic mass is 10.3. The van der Waals surface area contributed by atoms with E-state index in [0.29, 0.717) is 18.8 Å². The molecule has 0 aliphatic heterocycles. The van der Waals surface area contributed by atoms with Gasteiger partial charge in [0.2, 0.25) is 0 Å². The zero-order valence-corrected chi connectivity index (χ0v) is 10.4. The molecule has 5 heteroatoms. The van der Waals surface area contributed by atoms with Gasteiger partial charge in [0.15, 0.2) is 0 Å². The van der Waals surface area contributed by atoms with Gasteiger partial charge in [-0.2, -0.15) is 5.10 Å². The SMILES string of the molecule is CCn1nc(C)cc1C(=O)N(C)CC(C)N. The smallest absolute Gasteiger partial charge is 0.271 e. The van der Waals surface area contributed by atoms with Crippen molar-refractivity contribution in [3.05, 3.63) is 17.5 Å². The Labute approximate surface area is 96.2 Å². The number of nitrogens with zero attached hydrogens (tertiary/aromatic N) is 3. The van der Waals surface area contributed by atoms with Gasteiger partial charge < -0.3 is 10.6 Å². The third kappa shape index (κ3) is 2.82. The fraction of sp³-hybridized carbons (Fsp3) is 0.636. The van der Waals surface area contributed by atoms with Crippen LogP contribution in [-0.2, 0) is 6.54 Å². The van der Waals surface area contributed by atoms with E-state index in [-0.39, 0.29) is 11.9 Å². The number of likely N-dealkylation sites (N-methyl/N-ethyl adjacent to an activating group) is 1. The number of amides is 1. The molecule has 0 aliphatic carbocycles. The van der Waals surface area contributed by atoms with Gasteiger partial charge in [-0.25, -0.2) is 0 Å². The van der Waals surface area contributed by atoms with E-state index in [2.05, 4.69) is 5.10 Å². The summed E-state index contributed by atoms with van der Waals surface area (Å²) in [6, 6.07) is 1.79. The average molecular weight is 224 g/mol. The molecule has 0 fully saturated rings. The quantitative estimate of drug-likeness (QED) is 0.816. The van der Waals surface area contributed by atoms with E-state index >= 15 is 0 Å². The summed E-state index contributed by atoms with van der Waals surface area (Å²) in [5.74, 6) is -0.0280. The first-order valence-electron chi connectivity index (χ1n) is 5.51. The summed E-state index contributed by atoms with van der Waals surface area (Å²) < 4.78 is 1.72. The molecule has 1 aromatic rings. The number of carbonyl (C=O) groups is 1. The Morgan fingerprint density at radius 1 is 1.69 bits per heavy atom. The van der Waals surface area contributed by atoms with E-state index in [1.165, 1.54) is 0 Å². The molecule has 1 atom stereocenters. The van der Waals surface area contributed by atoms with Crippen LogP contribution in [0.15, 0.2) is 6.07 Å². The molecule has 1 heterocycles. The molecular weight excluding hydrogens is 204 g/mol. The summed E-state index contributed by atoms with van der Waals surface area (Å²) in [6.45, 7) is 6.98. The molecule has 0 spiro atoms. The molecule has 90 valence electrons. The third-order valence-corrected chi connectivity index (χ3v) is 2.33. The van der Waals surface area contributed by atoms with Gasteiger partial charge in [0, 0.05) is 26.2 Å². The summed E-state index contributed by atoms with van der Waals surface area (Å²) in [6.07, 6.45) is 0. The van der Waals surface area contributed by atoms with E-state index in [4.69, 9.17) is 5.73 Å². The Morgan fingerprint density at radius 3 is 2.81 bits per heavy atom. The Balaban J connectivity index is 2.86. The molecule has 0 aliphatic rings. The Hall–Kier alpha value is -1.36. The first-order chi connectivity index (χ1) is 7.45. The molecule has 0 bridgehead atoms. The van der Waals surface area contributed by atoms with Crippen LogP contribution >= 0.6 is 0 Å². The number of hydrogen-bond donors (Lipinski definition) is 1. The zero-order chi connectivity index (χ0) is 12.3. The molecule has 16 heavy (non-hydrogen) atoms. The number of carbonyl (C=O) groups excluding carboxylic acids is 1. The van der Waals surface area contributed by atoms with E-state index < -0.39 is 0 Å². The first kappa shape index (κ1) is 12.7. The van der Waals surface area contributed by atoms with Crippen molar-refractivity contribution in [2.24, 2.45) is 5.73 Å². The fourth-order valence-electron chi connectivity index (χ4n) is 1.67. The minimum absolute atomic E-state index is 0.0203. The lowest BCUT2D eigenvalue weighted by molar-refractivity contribution is 0.0776. The second-order valence-electron chi connectivity index (χ2n) is 4.15. The topological polar surface area (TPSA) is 64.2 Å². The second kappa shape index (κ2) is 5.12. The maximum absolute atomic E-state index is 12.1. The minimum atomic E-state index is -0.0280. The van der Waals surface area contributed by atoms with Gasteiger partial charge >= 0.3 is 0 Å². The Bertz CT molecular complexity index is 370. The molecule has 2 N–H and O–H groups in total. The largest absolute Gasteiger partial charge is 0.339 e. The molecule has 1 aromatic heterocycles. The van der Waals surface area contributed by atoms with Crippen LogP contribution in [0.1, 0.15) is 30.0 Å². The molecule has 1 unspecified atom stereocenters. The van der Waals surface area contributed by atoms with E-state index in [0.717, 1.165) is 5.69 Å². The van der Waals surface area contributed by atoms with E-state index in [1.807, 2.05) is 26.8 Å². The second-order valence-corrected chi connectivity index (χ2v) is 4.15. The number of hydrogen-bond acceptors (Lipinski definition) is 3. The molecule has 0 radical (unpaired) electrons. The van der Waals surface area contributed by atoms with E-state index in [9.17, 15) is 4.79 Å². The van der Waals surface area contributed by atoms with Gasteiger partial charge in [-0.3, -0.25) is 9.48 Å². The lowest BCUT2D eigenvalue weighted by Crippen LogP contribution is -2.37. The molecule has 1 rings (SSSR count). The fourth-order valence-corrected chi connectivity index (χ4v) is 1.67. The van der Waals surface area contributed by atoms with Crippen molar-refractivity contribution < 1.29 is 4.79 Å². The van der Waals surface area contributed by atoms with Crippen molar-refractivity contribution in [3.63, 3.8) is 0 Å². The number of aryl methyl sites for hydroxylation is 2. The Kier molecular flexibility index (Phi) is 4.06. The van der Waals surface area contributed by atoms with Crippen molar-refractivity contribution in [2.75, 3.05) is 13.6 Å². The highest BCUT2D eigenvalue weighted by Gasteiger charge is 2.17. The van der Waals surface area contributed by atoms with Crippen molar-refractivity contribution in [1.29, 1.82) is 0 Å². The number of aromatic nitrogens is 2. The molecule has 1 amide bonds. The highest BCUT2D eigenvalue weighted by Crippen LogP contribution is 2.07. The highest BCUT2D eigenvalue weighted by atomic mass is 16.2. The van der Waals surface area contributed by atoms with Crippen LogP contribution in [0.3, 0.4) is 0 Å². The maximum Gasteiger partial charge on any atom is 0.271 e. The van der Waals surface area contributed by atoms with E-state index in [1.54, 1.807) is 16.6 Å². The molecule has 0 saturated carbocycles. The number of rotatable bonds is 4. The minimum Gasteiger partial charge on any atom is -0.339 e. The van der Waals surface area contributed by atoms with Crippen LogP contribution in [0, 0.1) is 6.92 Å². The molecule has 0 saturated heterocycles. The summed E-state index contributed by atoms with van der Waals surface area (Å²) in [5, 5.41) is 4.25. The zero-order valence-electron chi connectivity index (χ0n) is 10.4. The van der Waals surface area contributed by atoms with Crippen LogP contribution in [-0.4, -0.2) is 40.2 Å². The van der Waals surface area contributed by atoms with Gasteiger partial charge in [0.05, 0.1) is 5.69 Å². The Morgan fingerprint density at radius 2 is 2.31 bits per heavy atom. The predicted octanol–water partition coefficient (Wildman–Crippen LogP) is 0.631. The highest BCUT2D eigenvalue weighted by molar-refractivity contribution is 5.92. The monoisotopic (exact) mass is 224 g/mol. The van der Waals surface area contributed by atoms with Gasteiger partial charge in [-0.1, -0.05) is 0 Å². The van der Waals surface area contributed by atoms with Crippen LogP contribution in [0.2, 0.25) is 0 Å². The summed E-state index contributed by atoms with van der Waals surface area (Å²) in [4.78, 5) is 13.7. The van der Waals surface area contributed by atoms with Gasteiger partial charge in [-0.05, 0) is 26.8 Å². The molecule has 0 aromatic carbocycles. The molecular formula is C11H20N4O. The van der Waals surface area contributed by atoms with Gasteiger partial charge in [-0.15, -0.1) is 0 Å². The van der Waals surface area contributed by atoms with Crippen molar-refractivity contribution in [1.82, 2.24) is 14.7 Å². The van der Waals surface area contributed by atoms with Gasteiger partial charge in [0.1, 0.15) is 5.69 Å². The lowest BCUT2D eigenvalue weighted by Gasteiger charge is -2.19. The van der Waals surface area contributed by atoms with Crippen LogP contribution < -0.4 is 5.73 Å². The third-order valence-electron chi connectivity index (χ3n) is 2.33. The maximum atomic E-state index is 12.1. The summed E-state index contributed by atoms with van der Waals surface area (Å²) in [5.41, 5.74) is 7.16. The average Bonchev–Trinajstić information content (AvgIpc) is 2.57. The van der Waals surface area contributed by atoms with Crippen LogP contribution in [0.5, 0.6) is 0 Å². The van der Waals surface area contributed by atoms with Crippen molar-refractivity contribution in [3.8, 4) is 0 Å². The standard InChI is InChI=1S/C11H20N4O/c1-5-15-10(6-9(3)13-15)11(16)14(4)7-8(2)12/h6,8H,5,7,12H2,1-4H3. The normalized spacial score (nSPS) is 12.6. The van der Waals surface area contributed by atoms with Crippen molar-refractivity contribution >= 4 is 5.91 Å². The van der Waals surface area contributed by atoms with Crippen LogP contribution in [0.25, 0.3) is 0 Å². The van der Waals surface area contributed by atoms with Crippen LogP contribution in [0.4, 0.5) is 0 Å². The summed E-state index contributed by atoms with van der Waals surface area (Å²) >= 11 is 0. The predicted molar refractivity (Wildman–Crippen MR) is 63.2 cm³/mol.